The molecule has 0 radical (unpaired) electrons. The molecular weight excluding hydrogens is 424 g/mol. The monoisotopic (exact) mass is 460 g/mol. The Labute approximate surface area is 195 Å². The Hall–Kier alpha value is -2.19. The van der Waals surface area contributed by atoms with Gasteiger partial charge >= 0.3 is 5.97 Å². The minimum absolute atomic E-state index is 0.0401. The number of cyclic esters (lactones) is 1. The van der Waals surface area contributed by atoms with Crippen LogP contribution in [0.3, 0.4) is 0 Å². The molecule has 1 N–H and O–H groups in total. The molecule has 2 saturated heterocycles. The fourth-order valence-corrected chi connectivity index (χ4v) is 5.93. The molecule has 0 aromatic heterocycles. The minimum Gasteiger partial charge on any atom is -0.465 e. The lowest BCUT2D eigenvalue weighted by molar-refractivity contribution is -0.159. The quantitative estimate of drug-likeness (QED) is 0.369. The number of nitrogens with zero attached hydrogens (tertiary/aromatic N) is 2. The number of allylic oxidation sites excluding steroid dienone is 1. The van der Waals surface area contributed by atoms with Crippen LogP contribution in [-0.2, 0) is 23.9 Å². The van der Waals surface area contributed by atoms with Gasteiger partial charge in [0.2, 0.25) is 11.8 Å². The highest BCUT2D eigenvalue weighted by molar-refractivity contribution is 5.99. The van der Waals surface area contributed by atoms with Crippen LogP contribution >= 0.6 is 0 Å². The summed E-state index contributed by atoms with van der Waals surface area (Å²) in [5, 5.41) is 9.13. The molecule has 1 unspecified atom stereocenters. The maximum Gasteiger partial charge on any atom is 0.313 e. The Bertz CT molecular complexity index is 854. The zero-order chi connectivity index (χ0) is 23.8. The highest BCUT2D eigenvalue weighted by atomic mass is 16.6. The average molecular weight is 461 g/mol. The van der Waals surface area contributed by atoms with Crippen LogP contribution in [0.1, 0.15) is 52.9 Å². The molecule has 8 nitrogen and oxygen atoms in total. The van der Waals surface area contributed by atoms with Crippen LogP contribution < -0.4 is 0 Å². The summed E-state index contributed by atoms with van der Waals surface area (Å²) >= 11 is 0. The van der Waals surface area contributed by atoms with Gasteiger partial charge in [0.05, 0.1) is 18.1 Å². The Balaban J connectivity index is 1.80. The van der Waals surface area contributed by atoms with Gasteiger partial charge in [-0.3, -0.25) is 14.4 Å². The molecule has 2 fully saturated rings. The van der Waals surface area contributed by atoms with Crippen LogP contribution in [0.25, 0.3) is 0 Å². The van der Waals surface area contributed by atoms with E-state index in [1.165, 1.54) is 0 Å². The van der Waals surface area contributed by atoms with Crippen molar-refractivity contribution in [3.8, 4) is 0 Å². The number of hydrogen-bond acceptors (Lipinski definition) is 6. The van der Waals surface area contributed by atoms with Gasteiger partial charge in [-0.25, -0.2) is 0 Å². The van der Waals surface area contributed by atoms with Crippen molar-refractivity contribution in [2.45, 2.75) is 76.2 Å². The van der Waals surface area contributed by atoms with Gasteiger partial charge in [-0.05, 0) is 52.9 Å². The van der Waals surface area contributed by atoms with Crippen molar-refractivity contribution in [2.75, 3.05) is 26.3 Å². The molecule has 182 valence electrons. The first-order valence-electron chi connectivity index (χ1n) is 12.2. The molecule has 0 aromatic rings. The second-order valence-corrected chi connectivity index (χ2v) is 10.0. The smallest absolute Gasteiger partial charge is 0.313 e. The van der Waals surface area contributed by atoms with Gasteiger partial charge < -0.3 is 24.4 Å². The van der Waals surface area contributed by atoms with E-state index in [1.807, 2.05) is 45.1 Å². The number of likely N-dealkylation sites (tertiary alicyclic amines) is 1. The van der Waals surface area contributed by atoms with E-state index in [1.54, 1.807) is 9.80 Å². The normalized spacial score (nSPS) is 37.1. The number of unbranched alkanes of at least 4 members (excludes halogenated alkanes) is 2. The summed E-state index contributed by atoms with van der Waals surface area (Å²) in [6.45, 7) is 6.94. The predicted octanol–water partition coefficient (Wildman–Crippen LogP) is 1.82. The van der Waals surface area contributed by atoms with E-state index in [2.05, 4.69) is 0 Å². The van der Waals surface area contributed by atoms with E-state index in [-0.39, 0.29) is 24.5 Å². The van der Waals surface area contributed by atoms with Crippen LogP contribution in [0.15, 0.2) is 24.3 Å². The number of carbonyl (C=O) groups excluding carboxylic acids is 3. The highest BCUT2D eigenvalue weighted by Gasteiger charge is 2.74. The van der Waals surface area contributed by atoms with E-state index in [0.29, 0.717) is 32.5 Å². The van der Waals surface area contributed by atoms with Crippen molar-refractivity contribution in [2.24, 2.45) is 11.8 Å². The van der Waals surface area contributed by atoms with E-state index in [4.69, 9.17) is 14.6 Å². The molecule has 0 aromatic carbocycles. The third kappa shape index (κ3) is 3.91. The van der Waals surface area contributed by atoms with Gasteiger partial charge in [0.1, 0.15) is 17.6 Å². The number of aliphatic hydroxyl groups is 1. The maximum absolute atomic E-state index is 13.9. The molecule has 33 heavy (non-hydrogen) atoms. The maximum atomic E-state index is 13.9. The average Bonchev–Trinajstić information content (AvgIpc) is 3.10. The van der Waals surface area contributed by atoms with Crippen LogP contribution in [0.2, 0.25) is 0 Å². The lowest BCUT2D eigenvalue weighted by Gasteiger charge is -2.38. The molecule has 0 saturated carbocycles. The molecule has 5 atom stereocenters. The van der Waals surface area contributed by atoms with Crippen molar-refractivity contribution < 1.29 is 29.0 Å². The first-order chi connectivity index (χ1) is 15.8. The summed E-state index contributed by atoms with van der Waals surface area (Å²) in [5.41, 5.74) is -2.27. The molecule has 0 bridgehead atoms. The molecule has 8 heteroatoms. The van der Waals surface area contributed by atoms with E-state index in [9.17, 15) is 14.4 Å². The summed E-state index contributed by atoms with van der Waals surface area (Å²) in [6.07, 6.45) is 11.2. The third-order valence-electron chi connectivity index (χ3n) is 7.46. The molecule has 1 spiro atoms. The topological polar surface area (TPSA) is 96.4 Å². The summed E-state index contributed by atoms with van der Waals surface area (Å²) in [6, 6.07) is -0.875. The Morgan fingerprint density at radius 1 is 1.09 bits per heavy atom. The summed E-state index contributed by atoms with van der Waals surface area (Å²) in [5.74, 6) is -2.47. The van der Waals surface area contributed by atoms with Crippen molar-refractivity contribution in [1.82, 2.24) is 9.80 Å². The van der Waals surface area contributed by atoms with E-state index >= 15 is 0 Å². The zero-order valence-electron chi connectivity index (χ0n) is 19.9. The van der Waals surface area contributed by atoms with Crippen LogP contribution in [0.5, 0.6) is 0 Å². The lowest BCUT2D eigenvalue weighted by atomic mass is 9.74. The Kier molecular flexibility index (Phi) is 6.69. The van der Waals surface area contributed by atoms with Crippen molar-refractivity contribution >= 4 is 17.8 Å². The van der Waals surface area contributed by atoms with E-state index in [0.717, 1.165) is 19.3 Å². The summed E-state index contributed by atoms with van der Waals surface area (Å²) < 4.78 is 12.3. The summed E-state index contributed by atoms with van der Waals surface area (Å²) in [4.78, 5) is 44.4. The zero-order valence-corrected chi connectivity index (χ0v) is 19.9. The SMILES string of the molecule is CC(C)N1CC=C[C@]23O[C@]4(C)/C=C\CCCOC(=O)[C@@H]4[C@H]2C(=O)N(CCCCCO)C3C1=O. The number of ether oxygens (including phenoxy) is 2. The minimum atomic E-state index is -1.23. The van der Waals surface area contributed by atoms with Gasteiger partial charge in [0.15, 0.2) is 0 Å². The molecule has 2 amide bonds. The number of carbonyl (C=O) groups is 3. The standard InChI is InChI=1S/C25H36N2O6/c1-17(2)26-14-10-12-25-18(19-23(31)32-16-9-4-6-11-24(19,3)33-25)21(29)27(20(25)22(26)30)13-7-5-8-15-28/h6,10-12,17-20,28H,4-5,7-9,13-16H2,1-3H3/b11-6-/t18-,19-,20?,24+,25-/m0/s1. The molecule has 4 rings (SSSR count). The second-order valence-electron chi connectivity index (χ2n) is 10.0. The number of fused-ring (bicyclic) bond motifs is 2. The van der Waals surface area contributed by atoms with Crippen molar-refractivity contribution in [1.29, 1.82) is 0 Å². The van der Waals surface area contributed by atoms with Gasteiger partial charge in [-0.2, -0.15) is 0 Å². The predicted molar refractivity (Wildman–Crippen MR) is 121 cm³/mol. The number of hydrogen-bond donors (Lipinski definition) is 1. The Morgan fingerprint density at radius 3 is 2.61 bits per heavy atom. The second kappa shape index (κ2) is 9.22. The molecule has 0 aliphatic carbocycles. The lowest BCUT2D eigenvalue weighted by Crippen LogP contribution is -2.57. The van der Waals surface area contributed by atoms with Gasteiger partial charge in [0, 0.05) is 25.7 Å². The molecule has 4 heterocycles. The third-order valence-corrected chi connectivity index (χ3v) is 7.46. The van der Waals surface area contributed by atoms with Gasteiger partial charge in [0.25, 0.3) is 0 Å². The fraction of sp³-hybridized carbons (Fsp3) is 0.720. The molecule has 4 aliphatic heterocycles. The number of aliphatic hydroxyl groups excluding tert-OH is 1. The Morgan fingerprint density at radius 2 is 1.88 bits per heavy atom. The van der Waals surface area contributed by atoms with Gasteiger partial charge in [-0.15, -0.1) is 0 Å². The first kappa shape index (κ1) is 24.0. The first-order valence-corrected chi connectivity index (χ1v) is 12.2. The largest absolute Gasteiger partial charge is 0.465 e. The van der Waals surface area contributed by atoms with E-state index < -0.39 is 35.0 Å². The van der Waals surface area contributed by atoms with Crippen molar-refractivity contribution in [3.05, 3.63) is 24.3 Å². The van der Waals surface area contributed by atoms with Crippen molar-refractivity contribution in [3.63, 3.8) is 0 Å². The van der Waals surface area contributed by atoms with Crippen LogP contribution in [0, 0.1) is 11.8 Å². The number of esters is 1. The number of rotatable bonds is 6. The van der Waals surface area contributed by atoms with Gasteiger partial charge in [-0.1, -0.05) is 24.3 Å². The van der Waals surface area contributed by atoms with Crippen LogP contribution in [-0.4, -0.2) is 82.3 Å². The fourth-order valence-electron chi connectivity index (χ4n) is 5.93. The van der Waals surface area contributed by atoms with Crippen LogP contribution in [0.4, 0.5) is 0 Å². The molecular formula is C25H36N2O6. The highest BCUT2D eigenvalue weighted by Crippen LogP contribution is 2.57. The summed E-state index contributed by atoms with van der Waals surface area (Å²) in [7, 11) is 0. The molecule has 4 aliphatic rings. The number of amides is 2.